The molecule has 5 heteroatoms. The number of carbonyl (C=O) groups excluding carboxylic acids is 2. The van der Waals surface area contributed by atoms with Gasteiger partial charge in [0.05, 0.1) is 0 Å². The number of carboxylic acid groups (broad SMARTS) is 1. The molecule has 1 fully saturated rings. The van der Waals surface area contributed by atoms with Gasteiger partial charge < -0.3 is 9.84 Å². The second-order valence-corrected chi connectivity index (χ2v) is 9.93. The van der Waals surface area contributed by atoms with Crippen molar-refractivity contribution < 1.29 is 24.2 Å². The molecule has 0 saturated heterocycles. The van der Waals surface area contributed by atoms with E-state index in [9.17, 15) is 14.4 Å². The largest absolute Gasteiger partial charge is 0.481 e. The number of fused-ring (bicyclic) bond motifs is 1. The maximum Gasteiger partial charge on any atom is 0.334 e. The van der Waals surface area contributed by atoms with Crippen molar-refractivity contribution in [1.29, 1.82) is 0 Å². The molecule has 0 bridgehead atoms. The van der Waals surface area contributed by atoms with Gasteiger partial charge in [0.1, 0.15) is 0 Å². The minimum atomic E-state index is -0.791. The van der Waals surface area contributed by atoms with E-state index in [1.54, 1.807) is 19.9 Å². The van der Waals surface area contributed by atoms with E-state index >= 15 is 0 Å². The highest BCUT2D eigenvalue weighted by Crippen LogP contribution is 2.61. The van der Waals surface area contributed by atoms with Crippen LogP contribution in [0.25, 0.3) is 0 Å². The van der Waals surface area contributed by atoms with Crippen molar-refractivity contribution in [2.75, 3.05) is 0 Å². The van der Waals surface area contributed by atoms with Crippen LogP contribution in [0.4, 0.5) is 0 Å². The fourth-order valence-corrected chi connectivity index (χ4v) is 5.66. The lowest BCUT2D eigenvalue weighted by atomic mass is 9.45. The lowest BCUT2D eigenvalue weighted by Crippen LogP contribution is -2.62. The lowest BCUT2D eigenvalue weighted by molar-refractivity contribution is -0.181. The van der Waals surface area contributed by atoms with Gasteiger partial charge in [0, 0.05) is 23.3 Å². The lowest BCUT2D eigenvalue weighted by Gasteiger charge is -2.59. The molecule has 0 aliphatic heterocycles. The maximum atomic E-state index is 13.6. The third-order valence-corrected chi connectivity index (χ3v) is 8.17. The summed E-state index contributed by atoms with van der Waals surface area (Å²) in [6.07, 6.45) is 6.66. The summed E-state index contributed by atoms with van der Waals surface area (Å²) in [7, 11) is 0. The highest BCUT2D eigenvalue weighted by Gasteiger charge is 2.62. The summed E-state index contributed by atoms with van der Waals surface area (Å²) in [6.45, 7) is 13.7. The second kappa shape index (κ2) is 9.07. The van der Waals surface area contributed by atoms with Gasteiger partial charge in [-0.1, -0.05) is 45.4 Å². The Balaban J connectivity index is 2.42. The van der Waals surface area contributed by atoms with Crippen LogP contribution in [0.1, 0.15) is 80.6 Å². The number of esters is 1. The number of carbonyl (C=O) groups is 3. The average Bonchev–Trinajstić information content (AvgIpc) is 2.68. The van der Waals surface area contributed by atoms with E-state index < -0.39 is 23.5 Å². The summed E-state index contributed by atoms with van der Waals surface area (Å²) >= 11 is 0. The molecule has 6 atom stereocenters. The summed E-state index contributed by atoms with van der Waals surface area (Å²) in [6, 6.07) is 0. The van der Waals surface area contributed by atoms with Crippen LogP contribution in [-0.2, 0) is 19.1 Å². The molecule has 1 N–H and O–H groups in total. The van der Waals surface area contributed by atoms with E-state index in [4.69, 9.17) is 9.84 Å². The van der Waals surface area contributed by atoms with E-state index in [1.165, 1.54) is 0 Å². The van der Waals surface area contributed by atoms with Crippen molar-refractivity contribution >= 4 is 17.7 Å². The Labute approximate surface area is 180 Å². The first-order chi connectivity index (χ1) is 13.9. The van der Waals surface area contributed by atoms with Gasteiger partial charge in [0.2, 0.25) is 0 Å². The molecular weight excluding hydrogens is 380 g/mol. The number of aliphatic carboxylic acids is 1. The predicted octanol–water partition coefficient (Wildman–Crippen LogP) is 5.34. The molecule has 2 rings (SSSR count). The Morgan fingerprint density at radius 3 is 2.57 bits per heavy atom. The SMILES string of the molecule is C/C=C(/C)C(=O)O[C@H]1C(=O)[C@@H](C)[C@@](C)(CC[C@@H](C)CC(=O)O)[C@H]2CCC=C(C)[C@@]21C. The van der Waals surface area contributed by atoms with Gasteiger partial charge in [-0.25, -0.2) is 4.79 Å². The Kier molecular flexibility index (Phi) is 7.36. The number of carboxylic acids is 1. The minimum Gasteiger partial charge on any atom is -0.481 e. The number of Topliss-reactive ketones (excluding diaryl/α,β-unsaturated/α-hetero) is 1. The zero-order chi connectivity index (χ0) is 22.9. The first-order valence-corrected chi connectivity index (χ1v) is 11.2. The van der Waals surface area contributed by atoms with E-state index in [0.29, 0.717) is 5.57 Å². The van der Waals surface area contributed by atoms with Crippen molar-refractivity contribution in [2.24, 2.45) is 28.6 Å². The molecule has 0 heterocycles. The number of hydrogen-bond donors (Lipinski definition) is 1. The maximum absolute atomic E-state index is 13.6. The molecule has 0 spiro atoms. The number of ether oxygens (including phenoxy) is 1. The topological polar surface area (TPSA) is 80.7 Å². The van der Waals surface area contributed by atoms with Crippen molar-refractivity contribution in [3.8, 4) is 0 Å². The molecule has 2 aliphatic rings. The molecule has 168 valence electrons. The van der Waals surface area contributed by atoms with Crippen molar-refractivity contribution in [3.05, 3.63) is 23.3 Å². The smallest absolute Gasteiger partial charge is 0.334 e. The molecule has 0 unspecified atom stereocenters. The monoisotopic (exact) mass is 418 g/mol. The summed E-state index contributed by atoms with van der Waals surface area (Å²) in [5.41, 5.74) is 0.798. The van der Waals surface area contributed by atoms with Gasteiger partial charge in [0.15, 0.2) is 11.9 Å². The Morgan fingerprint density at radius 2 is 2.00 bits per heavy atom. The van der Waals surface area contributed by atoms with Gasteiger partial charge in [-0.15, -0.1) is 0 Å². The van der Waals surface area contributed by atoms with Crippen molar-refractivity contribution in [2.45, 2.75) is 86.7 Å². The van der Waals surface area contributed by atoms with Crippen LogP contribution in [0, 0.1) is 28.6 Å². The summed E-state index contributed by atoms with van der Waals surface area (Å²) in [5.74, 6) is -1.26. The zero-order valence-corrected chi connectivity index (χ0v) is 19.6. The van der Waals surface area contributed by atoms with E-state index in [0.717, 1.165) is 31.3 Å². The predicted molar refractivity (Wildman–Crippen MR) is 117 cm³/mol. The summed E-state index contributed by atoms with van der Waals surface area (Å²) < 4.78 is 5.87. The number of ketones is 1. The standard InChI is InChI=1S/C25H38O5/c1-8-16(3)23(29)30-22-21(28)18(5)24(6,13-12-15(2)14-20(26)27)19-11-9-10-17(4)25(19,22)7/h8,10,15,18-19,22H,9,11-14H2,1-7H3,(H,26,27)/b16-8-/t15-,18-,19-,22+,24-,25+/m1/s1. The van der Waals surface area contributed by atoms with Crippen LogP contribution in [0.15, 0.2) is 23.3 Å². The van der Waals surface area contributed by atoms with Crippen LogP contribution in [0.2, 0.25) is 0 Å². The van der Waals surface area contributed by atoms with E-state index in [2.05, 4.69) is 19.9 Å². The van der Waals surface area contributed by atoms with Gasteiger partial charge >= 0.3 is 11.9 Å². The van der Waals surface area contributed by atoms with Crippen LogP contribution in [-0.4, -0.2) is 28.9 Å². The molecule has 1 saturated carbocycles. The third-order valence-electron chi connectivity index (χ3n) is 8.17. The average molecular weight is 419 g/mol. The molecule has 0 aromatic heterocycles. The van der Waals surface area contributed by atoms with Crippen LogP contribution >= 0.6 is 0 Å². The molecule has 0 radical (unpaired) electrons. The normalized spacial score (nSPS) is 35.3. The number of rotatable bonds is 7. The first kappa shape index (κ1) is 24.4. The first-order valence-electron chi connectivity index (χ1n) is 11.2. The van der Waals surface area contributed by atoms with E-state index in [-0.39, 0.29) is 35.4 Å². The van der Waals surface area contributed by atoms with Crippen molar-refractivity contribution in [1.82, 2.24) is 0 Å². The summed E-state index contributed by atoms with van der Waals surface area (Å²) in [4.78, 5) is 37.3. The molecular formula is C25H38O5. The number of allylic oxidation sites excluding steroid dienone is 2. The van der Waals surface area contributed by atoms with Crippen LogP contribution in [0.3, 0.4) is 0 Å². The highest BCUT2D eigenvalue weighted by atomic mass is 16.5. The Morgan fingerprint density at radius 1 is 1.37 bits per heavy atom. The van der Waals surface area contributed by atoms with Crippen LogP contribution < -0.4 is 0 Å². The third kappa shape index (κ3) is 4.26. The van der Waals surface area contributed by atoms with E-state index in [1.807, 2.05) is 20.8 Å². The second-order valence-electron chi connectivity index (χ2n) is 9.93. The Hall–Kier alpha value is -1.91. The minimum absolute atomic E-state index is 0.0194. The fourth-order valence-electron chi connectivity index (χ4n) is 5.66. The van der Waals surface area contributed by atoms with Gasteiger partial charge in [0.25, 0.3) is 0 Å². The molecule has 0 amide bonds. The highest BCUT2D eigenvalue weighted by molar-refractivity contribution is 5.94. The van der Waals surface area contributed by atoms with Gasteiger partial charge in [-0.05, 0) is 63.7 Å². The molecule has 5 nitrogen and oxygen atoms in total. The van der Waals surface area contributed by atoms with Gasteiger partial charge in [-0.3, -0.25) is 9.59 Å². The summed E-state index contributed by atoms with van der Waals surface area (Å²) in [5, 5.41) is 9.11. The molecule has 0 aromatic rings. The fraction of sp³-hybridized carbons (Fsp3) is 0.720. The zero-order valence-electron chi connectivity index (χ0n) is 19.6. The Bertz CT molecular complexity index is 764. The molecule has 2 aliphatic carbocycles. The molecule has 0 aromatic carbocycles. The number of hydrogen-bond acceptors (Lipinski definition) is 4. The van der Waals surface area contributed by atoms with Crippen molar-refractivity contribution in [3.63, 3.8) is 0 Å². The van der Waals surface area contributed by atoms with Crippen LogP contribution in [0.5, 0.6) is 0 Å². The quantitative estimate of drug-likeness (QED) is 0.343. The van der Waals surface area contributed by atoms with Gasteiger partial charge in [-0.2, -0.15) is 0 Å². The molecule has 30 heavy (non-hydrogen) atoms.